The van der Waals surface area contributed by atoms with Gasteiger partial charge in [-0.05, 0) is 118 Å². The normalized spacial score (nSPS) is 59.0. The fourth-order valence-corrected chi connectivity index (χ4v) is 14.6. The third-order valence-corrected chi connectivity index (χ3v) is 16.6. The molecule has 0 aromatic heterocycles. The highest BCUT2D eigenvalue weighted by atomic mass is 16.6. The summed E-state index contributed by atoms with van der Waals surface area (Å²) in [6, 6.07) is 0. The summed E-state index contributed by atoms with van der Waals surface area (Å²) < 4.78 is 13.9. The van der Waals surface area contributed by atoms with Gasteiger partial charge in [0.15, 0.2) is 0 Å². The van der Waals surface area contributed by atoms with Crippen molar-refractivity contribution in [2.75, 3.05) is 0 Å². The first-order chi connectivity index (χ1) is 19.6. The molecule has 2 bridgehead atoms. The van der Waals surface area contributed by atoms with Crippen LogP contribution in [0.3, 0.4) is 0 Å². The van der Waals surface area contributed by atoms with Crippen LogP contribution in [0.15, 0.2) is 11.6 Å². The first-order valence-corrected chi connectivity index (χ1v) is 17.5. The average Bonchev–Trinajstić information content (AvgIpc) is 3.07. The van der Waals surface area contributed by atoms with Crippen LogP contribution in [0.1, 0.15) is 127 Å². The van der Waals surface area contributed by atoms with E-state index in [2.05, 4.69) is 48.5 Å². The molecule has 0 aromatic rings. The smallest absolute Gasteiger partial charge is 0.333 e. The second-order valence-corrected chi connectivity index (χ2v) is 17.8. The number of hydrogen-bond acceptors (Lipinski definition) is 5. The predicted octanol–water partition coefficient (Wildman–Crippen LogP) is 7.23. The standard InChI is InChI=1S/C37H58O5/c1-10-21(3)29(40)41-23-19-35-24(11-2)36(18-22(23)4)30(35)37(42-36)17-13-26-32(7)15-14-27(38)31(5,6)25(32)12-16-33(26,8)34(37,9)20-28(35)39/h10,22-28,30,38-39H,11-20H2,1-9H3/b21-10-/t22-,23?,24+,25?,26?,27?,28+,30?,32?,33?,34-,35?,36?,37?/m0/s1. The molecule has 0 amide bonds. The maximum absolute atomic E-state index is 13.0. The fourth-order valence-electron chi connectivity index (χ4n) is 14.6. The number of rotatable bonds is 3. The molecule has 42 heavy (non-hydrogen) atoms. The minimum Gasteiger partial charge on any atom is -0.459 e. The first-order valence-electron chi connectivity index (χ1n) is 17.5. The Morgan fingerprint density at radius 3 is 2.31 bits per heavy atom. The number of ether oxygens (including phenoxy) is 2. The Bertz CT molecular complexity index is 1210. The number of fused-ring (bicyclic) bond motifs is 7. The molecule has 10 unspecified atom stereocenters. The Kier molecular flexibility index (Phi) is 6.14. The van der Waals surface area contributed by atoms with Crippen molar-refractivity contribution < 1.29 is 24.5 Å². The zero-order valence-corrected chi connectivity index (χ0v) is 27.9. The van der Waals surface area contributed by atoms with Gasteiger partial charge in [0.25, 0.3) is 0 Å². The van der Waals surface area contributed by atoms with E-state index in [4.69, 9.17) is 9.47 Å². The number of allylic oxidation sites excluding steroid dienone is 1. The van der Waals surface area contributed by atoms with Gasteiger partial charge in [0.05, 0.1) is 23.4 Å². The van der Waals surface area contributed by atoms with E-state index in [0.29, 0.717) is 29.2 Å². The molecule has 1 heterocycles. The van der Waals surface area contributed by atoms with Gasteiger partial charge in [0, 0.05) is 22.3 Å². The number of carbonyl (C=O) groups excluding carboxylic acids is 1. The van der Waals surface area contributed by atoms with Crippen molar-refractivity contribution >= 4 is 5.97 Å². The highest BCUT2D eigenvalue weighted by Crippen LogP contribution is 2.89. The lowest BCUT2D eigenvalue weighted by Crippen LogP contribution is -2.95. The Morgan fingerprint density at radius 1 is 0.952 bits per heavy atom. The van der Waals surface area contributed by atoms with Crippen LogP contribution in [-0.2, 0) is 14.3 Å². The van der Waals surface area contributed by atoms with Gasteiger partial charge < -0.3 is 19.7 Å². The van der Waals surface area contributed by atoms with Gasteiger partial charge in [-0.3, -0.25) is 0 Å². The number of esters is 1. The first kappa shape index (κ1) is 29.8. The van der Waals surface area contributed by atoms with Gasteiger partial charge in [0.2, 0.25) is 0 Å². The van der Waals surface area contributed by atoms with Crippen LogP contribution in [0.2, 0.25) is 0 Å². The molecule has 0 aromatic carbocycles. The zero-order valence-electron chi connectivity index (χ0n) is 27.9. The second kappa shape index (κ2) is 8.66. The summed E-state index contributed by atoms with van der Waals surface area (Å²) in [5.74, 6) is 1.71. The summed E-state index contributed by atoms with van der Waals surface area (Å²) >= 11 is 0. The van der Waals surface area contributed by atoms with Crippen molar-refractivity contribution in [1.82, 2.24) is 0 Å². The minimum absolute atomic E-state index is 0.0668. The SMILES string of the molecule is C/C=C(/C)C(=O)OC1CC23C4C(C[C@@H]1C)(OC41CCC4C5(C)CCC(O)C(C)(C)C5CCC4(C)[C@]1(C)C[C@H]2O)[C@@H]3CC. The third-order valence-electron chi connectivity index (χ3n) is 16.6. The van der Waals surface area contributed by atoms with E-state index in [-0.39, 0.29) is 62.4 Å². The van der Waals surface area contributed by atoms with Crippen LogP contribution >= 0.6 is 0 Å². The number of aliphatic hydroxyl groups excluding tert-OH is 2. The van der Waals surface area contributed by atoms with Crippen LogP contribution in [0.25, 0.3) is 0 Å². The molecule has 7 aliphatic carbocycles. The summed E-state index contributed by atoms with van der Waals surface area (Å²) in [6.07, 6.45) is 11.0. The molecule has 236 valence electrons. The second-order valence-electron chi connectivity index (χ2n) is 17.8. The summed E-state index contributed by atoms with van der Waals surface area (Å²) in [6.45, 7) is 20.5. The fraction of sp³-hybridized carbons (Fsp3) is 0.919. The van der Waals surface area contributed by atoms with Crippen molar-refractivity contribution in [3.63, 3.8) is 0 Å². The summed E-state index contributed by atoms with van der Waals surface area (Å²) in [7, 11) is 0. The largest absolute Gasteiger partial charge is 0.459 e. The molecule has 14 atom stereocenters. The molecule has 2 N–H and O–H groups in total. The van der Waals surface area contributed by atoms with Crippen molar-refractivity contribution in [1.29, 1.82) is 0 Å². The summed E-state index contributed by atoms with van der Waals surface area (Å²) in [5, 5.41) is 23.6. The van der Waals surface area contributed by atoms with E-state index in [0.717, 1.165) is 57.8 Å². The molecule has 8 rings (SSSR count). The number of hydrogen-bond donors (Lipinski definition) is 2. The number of aliphatic hydroxyl groups is 2. The molecule has 7 saturated carbocycles. The molecular weight excluding hydrogens is 524 g/mol. The molecule has 5 nitrogen and oxygen atoms in total. The highest BCUT2D eigenvalue weighted by molar-refractivity contribution is 5.87. The van der Waals surface area contributed by atoms with Gasteiger partial charge in [-0.25, -0.2) is 4.79 Å². The van der Waals surface area contributed by atoms with Crippen molar-refractivity contribution in [2.24, 2.45) is 56.7 Å². The van der Waals surface area contributed by atoms with E-state index in [1.54, 1.807) is 0 Å². The topological polar surface area (TPSA) is 76.0 Å². The third kappa shape index (κ3) is 2.97. The molecular formula is C37H58O5. The Labute approximate surface area is 254 Å². The van der Waals surface area contributed by atoms with E-state index < -0.39 is 6.10 Å². The van der Waals surface area contributed by atoms with E-state index in [1.165, 1.54) is 6.42 Å². The summed E-state index contributed by atoms with van der Waals surface area (Å²) in [4.78, 5) is 13.0. The Morgan fingerprint density at radius 2 is 1.64 bits per heavy atom. The Balaban J connectivity index is 1.28. The van der Waals surface area contributed by atoms with Crippen LogP contribution in [0, 0.1) is 56.7 Å². The van der Waals surface area contributed by atoms with E-state index in [1.807, 2.05) is 19.9 Å². The van der Waals surface area contributed by atoms with Gasteiger partial charge in [-0.2, -0.15) is 0 Å². The van der Waals surface area contributed by atoms with Crippen molar-refractivity contribution in [2.45, 2.75) is 156 Å². The summed E-state index contributed by atoms with van der Waals surface area (Å²) in [5.41, 5.74) is 0.0776. The molecule has 1 aliphatic heterocycles. The maximum atomic E-state index is 13.0. The molecule has 8 aliphatic rings. The molecule has 0 radical (unpaired) electrons. The van der Waals surface area contributed by atoms with Crippen molar-refractivity contribution in [3.8, 4) is 0 Å². The lowest BCUT2D eigenvalue weighted by molar-refractivity contribution is -0.531. The Hall–Kier alpha value is -0.910. The molecule has 1 saturated heterocycles. The van der Waals surface area contributed by atoms with Crippen LogP contribution in [-0.4, -0.2) is 45.7 Å². The van der Waals surface area contributed by atoms with Crippen LogP contribution < -0.4 is 0 Å². The minimum atomic E-state index is -0.414. The maximum Gasteiger partial charge on any atom is 0.333 e. The lowest BCUT2D eigenvalue weighted by atomic mass is 9.22. The molecule has 3 spiro atoms. The van der Waals surface area contributed by atoms with Crippen LogP contribution in [0.4, 0.5) is 0 Å². The van der Waals surface area contributed by atoms with E-state index in [9.17, 15) is 15.0 Å². The zero-order chi connectivity index (χ0) is 30.5. The quantitative estimate of drug-likeness (QED) is 0.271. The van der Waals surface area contributed by atoms with Crippen LogP contribution in [0.5, 0.6) is 0 Å². The van der Waals surface area contributed by atoms with E-state index >= 15 is 0 Å². The average molecular weight is 583 g/mol. The predicted molar refractivity (Wildman–Crippen MR) is 163 cm³/mol. The lowest BCUT2D eigenvalue weighted by Gasteiger charge is -2.90. The monoisotopic (exact) mass is 582 g/mol. The molecule has 5 heteroatoms. The van der Waals surface area contributed by atoms with Gasteiger partial charge in [-0.1, -0.05) is 54.5 Å². The van der Waals surface area contributed by atoms with Gasteiger partial charge in [-0.15, -0.1) is 0 Å². The van der Waals surface area contributed by atoms with Gasteiger partial charge >= 0.3 is 5.97 Å². The van der Waals surface area contributed by atoms with Crippen molar-refractivity contribution in [3.05, 3.63) is 11.6 Å². The highest BCUT2D eigenvalue weighted by Gasteiger charge is 2.93. The van der Waals surface area contributed by atoms with Gasteiger partial charge in [0.1, 0.15) is 6.10 Å². The molecule has 8 fully saturated rings. The number of carbonyl (C=O) groups is 1.